The molecule has 0 N–H and O–H groups in total. The highest BCUT2D eigenvalue weighted by molar-refractivity contribution is 7.92. The number of carbonyl (C=O) groups is 1. The SMILES string of the molecule is COc1ccc(S(=O)(=O)N(CC(=O)N2CCN(C)CC2)c2cccc(Cl)c2)cc1. The molecule has 7 nitrogen and oxygen atoms in total. The number of hydrogen-bond acceptors (Lipinski definition) is 5. The van der Waals surface area contributed by atoms with Crippen LogP contribution in [0.1, 0.15) is 0 Å². The Labute approximate surface area is 176 Å². The molecule has 1 heterocycles. The van der Waals surface area contributed by atoms with E-state index in [4.69, 9.17) is 16.3 Å². The summed E-state index contributed by atoms with van der Waals surface area (Å²) in [6.45, 7) is 2.36. The van der Waals surface area contributed by atoms with E-state index in [-0.39, 0.29) is 17.3 Å². The van der Waals surface area contributed by atoms with Crippen molar-refractivity contribution in [1.82, 2.24) is 9.80 Å². The topological polar surface area (TPSA) is 70.2 Å². The number of ether oxygens (including phenoxy) is 1. The van der Waals surface area contributed by atoms with E-state index >= 15 is 0 Å². The number of piperazine rings is 1. The Morgan fingerprint density at radius 1 is 1.10 bits per heavy atom. The van der Waals surface area contributed by atoms with E-state index in [0.717, 1.165) is 17.4 Å². The first-order valence-corrected chi connectivity index (χ1v) is 11.0. The van der Waals surface area contributed by atoms with Gasteiger partial charge >= 0.3 is 0 Å². The third kappa shape index (κ3) is 5.01. The third-order valence-electron chi connectivity index (χ3n) is 4.88. The number of hydrogen-bond donors (Lipinski definition) is 0. The first-order chi connectivity index (χ1) is 13.8. The molecular weight excluding hydrogens is 414 g/mol. The van der Waals surface area contributed by atoms with Gasteiger partial charge < -0.3 is 14.5 Å². The quantitative estimate of drug-likeness (QED) is 0.693. The number of anilines is 1. The smallest absolute Gasteiger partial charge is 0.264 e. The van der Waals surface area contributed by atoms with Gasteiger partial charge in [-0.2, -0.15) is 0 Å². The number of sulfonamides is 1. The van der Waals surface area contributed by atoms with Crippen molar-refractivity contribution >= 4 is 33.2 Å². The second-order valence-electron chi connectivity index (χ2n) is 6.85. The van der Waals surface area contributed by atoms with Crippen LogP contribution in [0.25, 0.3) is 0 Å². The van der Waals surface area contributed by atoms with Gasteiger partial charge in [-0.15, -0.1) is 0 Å². The molecule has 1 amide bonds. The van der Waals surface area contributed by atoms with Crippen LogP contribution in [0.3, 0.4) is 0 Å². The monoisotopic (exact) mass is 437 g/mol. The van der Waals surface area contributed by atoms with E-state index in [1.54, 1.807) is 41.3 Å². The van der Waals surface area contributed by atoms with E-state index in [1.807, 2.05) is 7.05 Å². The number of carbonyl (C=O) groups excluding carboxylic acids is 1. The molecule has 0 aromatic heterocycles. The summed E-state index contributed by atoms with van der Waals surface area (Å²) in [5.74, 6) is 0.307. The largest absolute Gasteiger partial charge is 0.497 e. The maximum atomic E-state index is 13.4. The summed E-state index contributed by atoms with van der Waals surface area (Å²) in [5, 5.41) is 0.393. The van der Waals surface area contributed by atoms with Crippen molar-refractivity contribution in [2.24, 2.45) is 0 Å². The highest BCUT2D eigenvalue weighted by Crippen LogP contribution is 2.27. The number of methoxy groups -OCH3 is 1. The van der Waals surface area contributed by atoms with Crippen LogP contribution in [-0.4, -0.2) is 71.0 Å². The molecule has 1 aliphatic rings. The lowest BCUT2D eigenvalue weighted by Crippen LogP contribution is -2.50. The van der Waals surface area contributed by atoms with Crippen LogP contribution in [-0.2, 0) is 14.8 Å². The maximum Gasteiger partial charge on any atom is 0.264 e. The van der Waals surface area contributed by atoms with Crippen molar-refractivity contribution < 1.29 is 17.9 Å². The fraction of sp³-hybridized carbons (Fsp3) is 0.350. The summed E-state index contributed by atoms with van der Waals surface area (Å²) in [5.41, 5.74) is 0.343. The number of likely N-dealkylation sites (N-methyl/N-ethyl adjacent to an activating group) is 1. The van der Waals surface area contributed by atoms with Crippen LogP contribution in [0.2, 0.25) is 5.02 Å². The van der Waals surface area contributed by atoms with Crippen molar-refractivity contribution in [1.29, 1.82) is 0 Å². The van der Waals surface area contributed by atoms with Crippen molar-refractivity contribution in [2.45, 2.75) is 4.90 Å². The van der Waals surface area contributed by atoms with E-state index < -0.39 is 10.0 Å². The van der Waals surface area contributed by atoms with Crippen molar-refractivity contribution in [3.8, 4) is 5.75 Å². The van der Waals surface area contributed by atoms with E-state index in [9.17, 15) is 13.2 Å². The molecule has 0 radical (unpaired) electrons. The van der Waals surface area contributed by atoms with Gasteiger partial charge in [0.2, 0.25) is 5.91 Å². The molecular formula is C20H24ClN3O4S. The van der Waals surface area contributed by atoms with Gasteiger partial charge in [0.15, 0.2) is 0 Å². The van der Waals surface area contributed by atoms with Gasteiger partial charge in [-0.1, -0.05) is 17.7 Å². The Morgan fingerprint density at radius 2 is 1.76 bits per heavy atom. The molecule has 1 saturated heterocycles. The summed E-state index contributed by atoms with van der Waals surface area (Å²) >= 11 is 6.09. The molecule has 3 rings (SSSR count). The molecule has 2 aromatic carbocycles. The summed E-state index contributed by atoms with van der Waals surface area (Å²) < 4.78 is 33.0. The molecule has 2 aromatic rings. The van der Waals surface area contributed by atoms with Gasteiger partial charge in [0.05, 0.1) is 17.7 Å². The minimum absolute atomic E-state index is 0.0736. The Hall–Kier alpha value is -2.29. The molecule has 9 heteroatoms. The van der Waals surface area contributed by atoms with Crippen LogP contribution in [0, 0.1) is 0 Å². The summed E-state index contributed by atoms with van der Waals surface area (Å²) in [7, 11) is -0.474. The predicted molar refractivity (Wildman–Crippen MR) is 113 cm³/mol. The number of amides is 1. The fourth-order valence-electron chi connectivity index (χ4n) is 3.10. The van der Waals surface area contributed by atoms with Crippen molar-refractivity contribution in [3.05, 3.63) is 53.6 Å². The molecule has 1 aliphatic heterocycles. The third-order valence-corrected chi connectivity index (χ3v) is 6.90. The molecule has 156 valence electrons. The molecule has 0 spiro atoms. The first-order valence-electron chi connectivity index (χ1n) is 9.20. The van der Waals surface area contributed by atoms with Gasteiger partial charge in [-0.3, -0.25) is 9.10 Å². The molecule has 0 aliphatic carbocycles. The summed E-state index contributed by atoms with van der Waals surface area (Å²) in [4.78, 5) is 16.8. The highest BCUT2D eigenvalue weighted by Gasteiger charge is 2.30. The lowest BCUT2D eigenvalue weighted by atomic mass is 10.3. The zero-order valence-corrected chi connectivity index (χ0v) is 18.0. The second-order valence-corrected chi connectivity index (χ2v) is 9.15. The van der Waals surface area contributed by atoms with Crippen molar-refractivity contribution in [3.63, 3.8) is 0 Å². The van der Waals surface area contributed by atoms with E-state index in [1.165, 1.54) is 19.2 Å². The second kappa shape index (κ2) is 9.02. The summed E-state index contributed by atoms with van der Waals surface area (Å²) in [6, 6.07) is 12.6. The van der Waals surface area contributed by atoms with Crippen LogP contribution in [0.15, 0.2) is 53.4 Å². The van der Waals surface area contributed by atoms with Crippen LogP contribution < -0.4 is 9.04 Å². The number of nitrogens with zero attached hydrogens (tertiary/aromatic N) is 3. The lowest BCUT2D eigenvalue weighted by molar-refractivity contribution is -0.131. The van der Waals surface area contributed by atoms with Gasteiger partial charge in [-0.05, 0) is 49.5 Å². The van der Waals surface area contributed by atoms with Crippen LogP contribution >= 0.6 is 11.6 Å². The van der Waals surface area contributed by atoms with E-state index in [2.05, 4.69) is 4.90 Å². The standard InChI is InChI=1S/C20H24ClN3O4S/c1-22-10-12-23(13-11-22)20(25)15-24(17-5-3-4-16(21)14-17)29(26,27)19-8-6-18(28-2)7-9-19/h3-9,14H,10-13,15H2,1-2H3. The zero-order valence-electron chi connectivity index (χ0n) is 16.4. The van der Waals surface area contributed by atoms with Crippen molar-refractivity contribution in [2.75, 3.05) is 51.2 Å². The minimum Gasteiger partial charge on any atom is -0.497 e. The average Bonchev–Trinajstić information content (AvgIpc) is 2.72. The van der Waals surface area contributed by atoms with Crippen LogP contribution in [0.4, 0.5) is 5.69 Å². The fourth-order valence-corrected chi connectivity index (χ4v) is 4.69. The first kappa shape index (κ1) is 21.4. The van der Waals surface area contributed by atoms with E-state index in [0.29, 0.717) is 29.5 Å². The van der Waals surface area contributed by atoms with Gasteiger partial charge in [-0.25, -0.2) is 8.42 Å². The Kier molecular flexibility index (Phi) is 6.66. The Balaban J connectivity index is 1.93. The van der Waals surface area contributed by atoms with Gasteiger partial charge in [0.25, 0.3) is 10.0 Å². The zero-order chi connectivity index (χ0) is 21.0. The number of halogens is 1. The molecule has 29 heavy (non-hydrogen) atoms. The Morgan fingerprint density at radius 3 is 2.34 bits per heavy atom. The maximum absolute atomic E-state index is 13.4. The normalized spacial score (nSPS) is 15.2. The molecule has 1 fully saturated rings. The lowest BCUT2D eigenvalue weighted by Gasteiger charge is -2.34. The predicted octanol–water partition coefficient (Wildman–Crippen LogP) is 2.32. The van der Waals surface area contributed by atoms with Gasteiger partial charge in [0, 0.05) is 31.2 Å². The van der Waals surface area contributed by atoms with Crippen LogP contribution in [0.5, 0.6) is 5.75 Å². The highest BCUT2D eigenvalue weighted by atomic mass is 35.5. The number of rotatable bonds is 6. The number of benzene rings is 2. The van der Waals surface area contributed by atoms with Gasteiger partial charge in [0.1, 0.15) is 12.3 Å². The minimum atomic E-state index is -3.98. The summed E-state index contributed by atoms with van der Waals surface area (Å²) in [6.07, 6.45) is 0. The molecule has 0 atom stereocenters. The molecule has 0 bridgehead atoms. The Bertz CT molecular complexity index is 958. The molecule has 0 unspecified atom stereocenters. The average molecular weight is 438 g/mol. The molecule has 0 saturated carbocycles.